The van der Waals surface area contributed by atoms with Gasteiger partial charge in [0.2, 0.25) is 0 Å². The molecule has 0 N–H and O–H groups in total. The van der Waals surface area contributed by atoms with Crippen molar-refractivity contribution in [1.29, 1.82) is 0 Å². The first-order chi connectivity index (χ1) is 9.36. The molecule has 0 unspecified atom stereocenters. The van der Waals surface area contributed by atoms with Gasteiger partial charge in [-0.15, -0.1) is 0 Å². The fourth-order valence-corrected chi connectivity index (χ4v) is 2.86. The van der Waals surface area contributed by atoms with E-state index in [9.17, 15) is 4.79 Å². The molecule has 1 heterocycles. The molecule has 0 bridgehead atoms. The lowest BCUT2D eigenvalue weighted by Gasteiger charge is -2.08. The topological polar surface area (TPSA) is 29.4 Å². The smallest absolute Gasteiger partial charge is 0.194 e. The number of fused-ring (bicyclic) bond motifs is 3. The normalized spacial score (nSPS) is 15.4. The van der Waals surface area contributed by atoms with Gasteiger partial charge in [-0.1, -0.05) is 48.5 Å². The number of aliphatic imine (C=N–C) groups is 1. The Morgan fingerprint density at radius 2 is 1.58 bits per heavy atom. The van der Waals surface area contributed by atoms with Crippen LogP contribution in [-0.4, -0.2) is 11.5 Å². The van der Waals surface area contributed by atoms with E-state index in [1.807, 2.05) is 48.7 Å². The molecule has 0 atom stereocenters. The van der Waals surface area contributed by atoms with Crippen molar-refractivity contribution in [3.63, 3.8) is 0 Å². The molecule has 2 nitrogen and oxygen atoms in total. The summed E-state index contributed by atoms with van der Waals surface area (Å²) < 4.78 is 0. The summed E-state index contributed by atoms with van der Waals surface area (Å²) in [6.07, 6.45) is 4.71. The van der Waals surface area contributed by atoms with Crippen molar-refractivity contribution in [3.8, 4) is 11.1 Å². The Morgan fingerprint density at radius 1 is 0.842 bits per heavy atom. The fraction of sp³-hybridized carbons (Fsp3) is 0.0588. The van der Waals surface area contributed by atoms with Crippen LogP contribution < -0.4 is 0 Å². The second kappa shape index (κ2) is 3.75. The molecule has 1 aliphatic heterocycles. The minimum absolute atomic E-state index is 0.124. The van der Waals surface area contributed by atoms with Crippen molar-refractivity contribution < 1.29 is 4.79 Å². The van der Waals surface area contributed by atoms with Crippen molar-refractivity contribution in [2.75, 3.05) is 0 Å². The minimum Gasteiger partial charge on any atom is -0.289 e. The summed E-state index contributed by atoms with van der Waals surface area (Å²) in [7, 11) is 0. The molecule has 0 radical (unpaired) electrons. The van der Waals surface area contributed by atoms with Gasteiger partial charge >= 0.3 is 0 Å². The molecule has 0 amide bonds. The van der Waals surface area contributed by atoms with Crippen LogP contribution in [0.1, 0.15) is 27.9 Å². The lowest BCUT2D eigenvalue weighted by Crippen LogP contribution is -2.01. The molecule has 2 heteroatoms. The molecule has 2 aromatic rings. The van der Waals surface area contributed by atoms with Gasteiger partial charge in [0, 0.05) is 34.9 Å². The maximum Gasteiger partial charge on any atom is 0.194 e. The Bertz CT molecular complexity index is 769. The molecule has 0 spiro atoms. The van der Waals surface area contributed by atoms with Crippen LogP contribution in [0.5, 0.6) is 0 Å². The highest BCUT2D eigenvalue weighted by Crippen LogP contribution is 2.39. The van der Waals surface area contributed by atoms with Gasteiger partial charge in [-0.25, -0.2) is 0 Å². The average Bonchev–Trinajstić information content (AvgIpc) is 3.08. The van der Waals surface area contributed by atoms with E-state index >= 15 is 0 Å². The summed E-state index contributed by atoms with van der Waals surface area (Å²) in [6, 6.07) is 13.7. The Kier molecular flexibility index (Phi) is 2.06. The molecule has 2 aliphatic rings. The van der Waals surface area contributed by atoms with E-state index in [4.69, 9.17) is 0 Å². The zero-order valence-corrected chi connectivity index (χ0v) is 10.3. The molecule has 0 aromatic heterocycles. The Morgan fingerprint density at radius 3 is 2.37 bits per heavy atom. The van der Waals surface area contributed by atoms with Crippen LogP contribution in [0.2, 0.25) is 0 Å². The molecule has 1 aliphatic carbocycles. The highest BCUT2D eigenvalue weighted by Gasteiger charge is 2.29. The number of hydrogen-bond acceptors (Lipinski definition) is 2. The Hall–Kier alpha value is -2.48. The molecule has 90 valence electrons. The number of carbonyl (C=O) groups excluding carboxylic acids is 1. The van der Waals surface area contributed by atoms with Gasteiger partial charge in [0.1, 0.15) is 0 Å². The largest absolute Gasteiger partial charge is 0.289 e. The third-order valence-electron chi connectivity index (χ3n) is 3.71. The summed E-state index contributed by atoms with van der Waals surface area (Å²) in [5.41, 5.74) is 5.81. The number of allylic oxidation sites excluding steroid dienone is 1. The standard InChI is InChI=1S/C17H11NO/c19-17-12-6-2-1-5-11(12)16-13(7-3-8-14(16)17)15-9-4-10-18-15/h1-8,10H,9H2. The molecule has 0 saturated carbocycles. The van der Waals surface area contributed by atoms with Crippen LogP contribution in [0, 0.1) is 0 Å². The van der Waals surface area contributed by atoms with Crippen LogP contribution in [0.15, 0.2) is 59.7 Å². The molecule has 2 aromatic carbocycles. The first-order valence-corrected chi connectivity index (χ1v) is 6.35. The van der Waals surface area contributed by atoms with Crippen LogP contribution in [-0.2, 0) is 0 Å². The number of carbonyl (C=O) groups is 1. The Labute approximate surface area is 111 Å². The van der Waals surface area contributed by atoms with E-state index in [0.29, 0.717) is 0 Å². The van der Waals surface area contributed by atoms with Crippen molar-refractivity contribution in [2.24, 2.45) is 4.99 Å². The predicted octanol–water partition coefficient (Wildman–Crippen LogP) is 3.60. The van der Waals surface area contributed by atoms with Gasteiger partial charge < -0.3 is 0 Å². The molecular weight excluding hydrogens is 234 g/mol. The maximum absolute atomic E-state index is 12.4. The van der Waals surface area contributed by atoms with Crippen LogP contribution in [0.4, 0.5) is 0 Å². The number of benzene rings is 2. The quantitative estimate of drug-likeness (QED) is 0.644. The van der Waals surface area contributed by atoms with E-state index < -0.39 is 0 Å². The second-order valence-corrected chi connectivity index (χ2v) is 4.77. The summed E-state index contributed by atoms with van der Waals surface area (Å²) in [5.74, 6) is 0.124. The van der Waals surface area contributed by atoms with Crippen molar-refractivity contribution in [1.82, 2.24) is 0 Å². The summed E-state index contributed by atoms with van der Waals surface area (Å²) in [5, 5.41) is 0. The van der Waals surface area contributed by atoms with Crippen LogP contribution in [0.25, 0.3) is 11.1 Å². The summed E-state index contributed by atoms with van der Waals surface area (Å²) >= 11 is 0. The lowest BCUT2D eigenvalue weighted by atomic mass is 9.95. The second-order valence-electron chi connectivity index (χ2n) is 4.77. The molecule has 0 saturated heterocycles. The molecule has 0 fully saturated rings. The zero-order valence-electron chi connectivity index (χ0n) is 10.3. The molecule has 19 heavy (non-hydrogen) atoms. The molecular formula is C17H11NO. The monoisotopic (exact) mass is 245 g/mol. The highest BCUT2D eigenvalue weighted by molar-refractivity contribution is 6.25. The Balaban J connectivity index is 2.03. The van der Waals surface area contributed by atoms with Crippen molar-refractivity contribution in [2.45, 2.75) is 6.42 Å². The van der Waals surface area contributed by atoms with Crippen molar-refractivity contribution in [3.05, 3.63) is 71.4 Å². The van der Waals surface area contributed by atoms with Gasteiger partial charge in [0.05, 0.1) is 5.71 Å². The summed E-state index contributed by atoms with van der Waals surface area (Å²) in [6.45, 7) is 0. The van der Waals surface area contributed by atoms with Gasteiger partial charge in [-0.3, -0.25) is 9.79 Å². The number of rotatable bonds is 1. The molecule has 4 rings (SSSR count). The number of ketones is 1. The van der Waals surface area contributed by atoms with Gasteiger partial charge in [0.15, 0.2) is 5.78 Å². The lowest BCUT2D eigenvalue weighted by molar-refractivity contribution is 0.104. The SMILES string of the molecule is O=C1c2ccccc2-c2c1cccc2C1=NC=CC1. The van der Waals surface area contributed by atoms with Gasteiger partial charge in [-0.2, -0.15) is 0 Å². The zero-order chi connectivity index (χ0) is 12.8. The van der Waals surface area contributed by atoms with E-state index in [2.05, 4.69) is 11.1 Å². The van der Waals surface area contributed by atoms with E-state index in [1.54, 1.807) is 0 Å². The first-order valence-electron chi connectivity index (χ1n) is 6.35. The van der Waals surface area contributed by atoms with E-state index in [0.717, 1.165) is 39.9 Å². The fourth-order valence-electron chi connectivity index (χ4n) is 2.86. The summed E-state index contributed by atoms with van der Waals surface area (Å²) in [4.78, 5) is 16.8. The average molecular weight is 245 g/mol. The first kappa shape index (κ1) is 10.4. The maximum atomic E-state index is 12.4. The van der Waals surface area contributed by atoms with Crippen molar-refractivity contribution >= 4 is 11.5 Å². The number of nitrogens with zero attached hydrogens (tertiary/aromatic N) is 1. The third-order valence-corrected chi connectivity index (χ3v) is 3.71. The van der Waals surface area contributed by atoms with Crippen LogP contribution >= 0.6 is 0 Å². The van der Waals surface area contributed by atoms with E-state index in [-0.39, 0.29) is 5.78 Å². The van der Waals surface area contributed by atoms with Gasteiger partial charge in [-0.05, 0) is 5.56 Å². The highest BCUT2D eigenvalue weighted by atomic mass is 16.1. The number of hydrogen-bond donors (Lipinski definition) is 0. The van der Waals surface area contributed by atoms with E-state index in [1.165, 1.54) is 0 Å². The van der Waals surface area contributed by atoms with Gasteiger partial charge in [0.25, 0.3) is 0 Å². The minimum atomic E-state index is 0.124. The van der Waals surface area contributed by atoms with Crippen LogP contribution in [0.3, 0.4) is 0 Å². The predicted molar refractivity (Wildman–Crippen MR) is 75.6 cm³/mol. The third kappa shape index (κ3) is 1.37.